The third-order valence-electron chi connectivity index (χ3n) is 3.57. The fourth-order valence-corrected chi connectivity index (χ4v) is 2.71. The highest BCUT2D eigenvalue weighted by Crippen LogP contribution is 2.29. The molecular weight excluding hydrogens is 278 g/mol. The molecule has 4 heteroatoms. The predicted octanol–water partition coefficient (Wildman–Crippen LogP) is 3.14. The standard InChI is InChI=1S/C17H25NO2Si/c1-11-14(8-9-21(5,6)7)12(2)17(18)13(3)15(11)10-16(19)20-4/h10,18H2,1-7H3. The molecule has 0 amide bonds. The summed E-state index contributed by atoms with van der Waals surface area (Å²) < 4.78 is 4.78. The van der Waals surface area contributed by atoms with Crippen molar-refractivity contribution in [2.75, 3.05) is 12.8 Å². The minimum absolute atomic E-state index is 0.236. The van der Waals surface area contributed by atoms with Crippen molar-refractivity contribution in [3.8, 4) is 11.5 Å². The van der Waals surface area contributed by atoms with Gasteiger partial charge in [-0.3, -0.25) is 4.79 Å². The van der Waals surface area contributed by atoms with Gasteiger partial charge in [-0.15, -0.1) is 5.54 Å². The van der Waals surface area contributed by atoms with Crippen molar-refractivity contribution in [2.45, 2.75) is 46.8 Å². The third kappa shape index (κ3) is 4.12. The quantitative estimate of drug-likeness (QED) is 0.395. The summed E-state index contributed by atoms with van der Waals surface area (Å²) in [6, 6.07) is 0. The first kappa shape index (κ1) is 17.3. The SMILES string of the molecule is COC(=O)Cc1c(C)c(N)c(C)c(C#C[Si](C)(C)C)c1C. The van der Waals surface area contributed by atoms with E-state index in [-0.39, 0.29) is 12.4 Å². The Morgan fingerprint density at radius 3 is 2.19 bits per heavy atom. The van der Waals surface area contributed by atoms with E-state index < -0.39 is 8.07 Å². The zero-order valence-corrected chi connectivity index (χ0v) is 15.1. The van der Waals surface area contributed by atoms with Gasteiger partial charge in [-0.25, -0.2) is 0 Å². The minimum Gasteiger partial charge on any atom is -0.469 e. The normalized spacial score (nSPS) is 10.8. The van der Waals surface area contributed by atoms with E-state index in [2.05, 4.69) is 31.1 Å². The third-order valence-corrected chi connectivity index (χ3v) is 4.45. The summed E-state index contributed by atoms with van der Waals surface area (Å²) in [5.74, 6) is 3.04. The number of anilines is 1. The maximum Gasteiger partial charge on any atom is 0.309 e. The number of rotatable bonds is 2. The van der Waals surface area contributed by atoms with Crippen LogP contribution in [0.3, 0.4) is 0 Å². The molecule has 0 heterocycles. The van der Waals surface area contributed by atoms with Gasteiger partial charge in [0.1, 0.15) is 8.07 Å². The Balaban J connectivity index is 3.51. The van der Waals surface area contributed by atoms with Gasteiger partial charge in [-0.05, 0) is 43.0 Å². The van der Waals surface area contributed by atoms with Crippen molar-refractivity contribution in [3.63, 3.8) is 0 Å². The Kier molecular flexibility index (Phi) is 5.24. The Hall–Kier alpha value is -1.73. The van der Waals surface area contributed by atoms with Crippen molar-refractivity contribution >= 4 is 19.7 Å². The van der Waals surface area contributed by atoms with Gasteiger partial charge in [0, 0.05) is 11.3 Å². The molecule has 0 spiro atoms. The van der Waals surface area contributed by atoms with E-state index in [1.54, 1.807) is 0 Å². The van der Waals surface area contributed by atoms with Crippen LogP contribution < -0.4 is 5.73 Å². The van der Waals surface area contributed by atoms with Crippen molar-refractivity contribution in [1.29, 1.82) is 0 Å². The summed E-state index contributed by atoms with van der Waals surface area (Å²) in [5.41, 5.74) is 15.2. The van der Waals surface area contributed by atoms with Crippen LogP contribution in [0, 0.1) is 32.2 Å². The molecule has 21 heavy (non-hydrogen) atoms. The van der Waals surface area contributed by atoms with Crippen LogP contribution in [0.15, 0.2) is 0 Å². The summed E-state index contributed by atoms with van der Waals surface area (Å²) in [4.78, 5) is 11.6. The Morgan fingerprint density at radius 2 is 1.71 bits per heavy atom. The van der Waals surface area contributed by atoms with Gasteiger partial charge in [0.05, 0.1) is 13.5 Å². The summed E-state index contributed by atoms with van der Waals surface area (Å²) in [7, 11) is -0.0674. The minimum atomic E-state index is -1.47. The van der Waals surface area contributed by atoms with Crippen molar-refractivity contribution in [2.24, 2.45) is 0 Å². The number of ether oxygens (including phenoxy) is 1. The van der Waals surface area contributed by atoms with Crippen LogP contribution >= 0.6 is 0 Å². The van der Waals surface area contributed by atoms with Crippen molar-refractivity contribution in [1.82, 2.24) is 0 Å². The molecular formula is C17H25NO2Si. The number of esters is 1. The maximum absolute atomic E-state index is 11.6. The second-order valence-corrected chi connectivity index (χ2v) is 11.1. The van der Waals surface area contributed by atoms with Gasteiger partial charge in [0.25, 0.3) is 0 Å². The first-order valence-corrected chi connectivity index (χ1v) is 10.6. The van der Waals surface area contributed by atoms with E-state index in [0.717, 1.165) is 33.5 Å². The Bertz CT molecular complexity index is 631. The second kappa shape index (κ2) is 6.36. The molecule has 1 aromatic carbocycles. The van der Waals surface area contributed by atoms with Crippen LogP contribution in [0.1, 0.15) is 27.8 Å². The molecule has 0 fully saturated rings. The highest BCUT2D eigenvalue weighted by molar-refractivity contribution is 6.83. The zero-order chi connectivity index (χ0) is 16.4. The van der Waals surface area contributed by atoms with Crippen LogP contribution in [-0.2, 0) is 16.0 Å². The van der Waals surface area contributed by atoms with Gasteiger partial charge in [0.15, 0.2) is 0 Å². The largest absolute Gasteiger partial charge is 0.469 e. The van der Waals surface area contributed by atoms with Crippen LogP contribution in [0.2, 0.25) is 19.6 Å². The zero-order valence-electron chi connectivity index (χ0n) is 14.1. The molecule has 1 aromatic rings. The molecule has 0 atom stereocenters. The molecule has 114 valence electrons. The summed E-state index contributed by atoms with van der Waals surface area (Å²) in [6.07, 6.45) is 0.236. The summed E-state index contributed by atoms with van der Waals surface area (Å²) in [5, 5.41) is 0. The number of hydrogen-bond donors (Lipinski definition) is 1. The highest BCUT2D eigenvalue weighted by atomic mass is 28.3. The molecule has 0 aliphatic heterocycles. The van der Waals surface area contributed by atoms with Gasteiger partial charge < -0.3 is 10.5 Å². The van der Waals surface area contributed by atoms with Gasteiger partial charge in [0.2, 0.25) is 0 Å². The number of nitrogens with two attached hydrogens (primary N) is 1. The fraction of sp³-hybridized carbons (Fsp3) is 0.471. The average molecular weight is 303 g/mol. The topological polar surface area (TPSA) is 52.3 Å². The average Bonchev–Trinajstić information content (AvgIpc) is 2.39. The van der Waals surface area contributed by atoms with Crippen molar-refractivity contribution < 1.29 is 9.53 Å². The maximum atomic E-state index is 11.6. The first-order valence-electron chi connectivity index (χ1n) is 7.06. The van der Waals surface area contributed by atoms with Crippen LogP contribution in [0.25, 0.3) is 0 Å². The van der Waals surface area contributed by atoms with Crippen LogP contribution in [0.5, 0.6) is 0 Å². The fourth-order valence-electron chi connectivity index (χ4n) is 2.21. The van der Waals surface area contributed by atoms with Gasteiger partial charge >= 0.3 is 5.97 Å². The van der Waals surface area contributed by atoms with E-state index >= 15 is 0 Å². The molecule has 0 saturated carbocycles. The van der Waals surface area contributed by atoms with Gasteiger partial charge in [-0.2, -0.15) is 0 Å². The number of hydrogen-bond acceptors (Lipinski definition) is 3. The molecule has 0 aliphatic carbocycles. The molecule has 0 aliphatic rings. The lowest BCUT2D eigenvalue weighted by Crippen LogP contribution is -2.17. The van der Waals surface area contributed by atoms with E-state index in [9.17, 15) is 4.79 Å². The molecule has 2 N–H and O–H groups in total. The number of nitrogen functional groups attached to an aromatic ring is 1. The Morgan fingerprint density at radius 1 is 1.14 bits per heavy atom. The lowest BCUT2D eigenvalue weighted by molar-refractivity contribution is -0.139. The van der Waals surface area contributed by atoms with E-state index in [4.69, 9.17) is 10.5 Å². The molecule has 0 aromatic heterocycles. The van der Waals surface area contributed by atoms with E-state index in [0.29, 0.717) is 0 Å². The summed E-state index contributed by atoms with van der Waals surface area (Å²) >= 11 is 0. The van der Waals surface area contributed by atoms with Gasteiger partial charge in [-0.1, -0.05) is 25.6 Å². The lowest BCUT2D eigenvalue weighted by atomic mass is 9.90. The number of methoxy groups -OCH3 is 1. The smallest absolute Gasteiger partial charge is 0.309 e. The Labute approximate surface area is 128 Å². The van der Waals surface area contributed by atoms with Crippen LogP contribution in [-0.4, -0.2) is 21.2 Å². The molecule has 3 nitrogen and oxygen atoms in total. The first-order chi connectivity index (χ1) is 9.58. The van der Waals surface area contributed by atoms with Crippen molar-refractivity contribution in [3.05, 3.63) is 27.8 Å². The molecule has 0 unspecified atom stereocenters. The van der Waals surface area contributed by atoms with E-state index in [1.165, 1.54) is 7.11 Å². The molecule has 0 saturated heterocycles. The lowest BCUT2D eigenvalue weighted by Gasteiger charge is -2.17. The van der Waals surface area contributed by atoms with E-state index in [1.807, 2.05) is 20.8 Å². The summed E-state index contributed by atoms with van der Waals surface area (Å²) in [6.45, 7) is 12.6. The number of carbonyl (C=O) groups excluding carboxylic acids is 1. The molecule has 1 rings (SSSR count). The molecule has 0 radical (unpaired) electrons. The number of benzene rings is 1. The number of carbonyl (C=O) groups is 1. The predicted molar refractivity (Wildman–Crippen MR) is 91.0 cm³/mol. The monoisotopic (exact) mass is 303 g/mol. The molecule has 0 bridgehead atoms. The highest BCUT2D eigenvalue weighted by Gasteiger charge is 2.17. The second-order valence-electron chi connectivity index (χ2n) is 6.40. The van der Waals surface area contributed by atoms with Crippen LogP contribution in [0.4, 0.5) is 5.69 Å².